The zero-order valence-electron chi connectivity index (χ0n) is 11.6. The van der Waals surface area contributed by atoms with E-state index in [1.54, 1.807) is 0 Å². The Labute approximate surface area is 109 Å². The molecule has 18 heavy (non-hydrogen) atoms. The fourth-order valence-corrected chi connectivity index (χ4v) is 1.26. The number of aromatic nitrogens is 2. The second-order valence-electron chi connectivity index (χ2n) is 4.48. The Morgan fingerprint density at radius 3 is 2.78 bits per heavy atom. The lowest BCUT2D eigenvalue weighted by molar-refractivity contribution is 0.306. The Hall–Kier alpha value is -1.56. The van der Waals surface area contributed by atoms with Crippen LogP contribution in [0.5, 0.6) is 5.88 Å². The molecule has 3 N–H and O–H groups in total. The third kappa shape index (κ3) is 4.03. The predicted molar refractivity (Wildman–Crippen MR) is 73.9 cm³/mol. The number of rotatable bonds is 7. The van der Waals surface area contributed by atoms with Crippen LogP contribution in [0.15, 0.2) is 6.33 Å². The highest BCUT2D eigenvalue weighted by Crippen LogP contribution is 2.24. The van der Waals surface area contributed by atoms with Gasteiger partial charge in [0.2, 0.25) is 5.88 Å². The van der Waals surface area contributed by atoms with Crippen molar-refractivity contribution in [3.05, 3.63) is 6.33 Å². The molecular weight excluding hydrogens is 230 g/mol. The molecule has 0 saturated heterocycles. The van der Waals surface area contributed by atoms with Crippen LogP contribution in [0.3, 0.4) is 0 Å². The minimum atomic E-state index is 0.388. The van der Waals surface area contributed by atoms with Crippen molar-refractivity contribution in [2.24, 2.45) is 0 Å². The van der Waals surface area contributed by atoms with Gasteiger partial charge in [-0.3, -0.25) is 0 Å². The first-order valence-corrected chi connectivity index (χ1v) is 6.19. The van der Waals surface area contributed by atoms with Gasteiger partial charge in [0.05, 0.1) is 6.61 Å². The van der Waals surface area contributed by atoms with Gasteiger partial charge in [0.25, 0.3) is 0 Å². The molecule has 1 atom stereocenters. The van der Waals surface area contributed by atoms with Crippen LogP contribution in [0.1, 0.15) is 20.3 Å². The molecule has 1 heterocycles. The molecule has 0 aliphatic rings. The molecule has 0 aliphatic heterocycles. The van der Waals surface area contributed by atoms with Crippen LogP contribution in [0.2, 0.25) is 0 Å². The lowest BCUT2D eigenvalue weighted by atomic mass is 10.3. The van der Waals surface area contributed by atoms with Gasteiger partial charge in [-0.25, -0.2) is 4.98 Å². The number of nitrogens with zero attached hydrogens (tertiary/aromatic N) is 3. The third-order valence-electron chi connectivity index (χ3n) is 2.74. The third-order valence-corrected chi connectivity index (χ3v) is 2.74. The number of nitrogen functional groups attached to an aromatic ring is 1. The number of ether oxygens (including phenoxy) is 1. The maximum Gasteiger partial charge on any atom is 0.242 e. The van der Waals surface area contributed by atoms with Gasteiger partial charge in [0, 0.05) is 12.6 Å². The molecule has 0 radical (unpaired) electrons. The van der Waals surface area contributed by atoms with Crippen molar-refractivity contribution in [1.29, 1.82) is 0 Å². The van der Waals surface area contributed by atoms with E-state index in [9.17, 15) is 0 Å². The summed E-state index contributed by atoms with van der Waals surface area (Å²) in [7, 11) is 4.07. The van der Waals surface area contributed by atoms with Crippen LogP contribution >= 0.6 is 0 Å². The minimum Gasteiger partial charge on any atom is -0.476 e. The first-order valence-electron chi connectivity index (χ1n) is 6.19. The average molecular weight is 253 g/mol. The molecule has 0 saturated carbocycles. The summed E-state index contributed by atoms with van der Waals surface area (Å²) < 4.78 is 5.45. The maximum absolute atomic E-state index is 5.96. The average Bonchev–Trinajstić information content (AvgIpc) is 2.35. The highest BCUT2D eigenvalue weighted by Gasteiger charge is 2.10. The Balaban J connectivity index is 2.65. The second kappa shape index (κ2) is 7.00. The zero-order chi connectivity index (χ0) is 13.5. The summed E-state index contributed by atoms with van der Waals surface area (Å²) in [5.74, 6) is 1.08. The number of likely N-dealkylation sites (N-methyl/N-ethyl adjacent to an activating group) is 1. The molecule has 1 aromatic heterocycles. The van der Waals surface area contributed by atoms with E-state index in [1.807, 2.05) is 21.0 Å². The van der Waals surface area contributed by atoms with Crippen molar-refractivity contribution >= 4 is 11.5 Å². The molecule has 1 rings (SSSR count). The summed E-state index contributed by atoms with van der Waals surface area (Å²) in [5, 5.41) is 3.21. The Morgan fingerprint density at radius 2 is 2.17 bits per heavy atom. The molecule has 0 aromatic carbocycles. The molecular formula is C12H23N5O. The van der Waals surface area contributed by atoms with E-state index in [-0.39, 0.29) is 0 Å². The van der Waals surface area contributed by atoms with Crippen molar-refractivity contribution < 1.29 is 4.74 Å². The zero-order valence-corrected chi connectivity index (χ0v) is 11.6. The quantitative estimate of drug-likeness (QED) is 0.760. The first kappa shape index (κ1) is 14.5. The number of nitrogens with two attached hydrogens (primary N) is 1. The van der Waals surface area contributed by atoms with Crippen LogP contribution in [-0.4, -0.2) is 48.2 Å². The van der Waals surface area contributed by atoms with E-state index in [2.05, 4.69) is 27.1 Å². The van der Waals surface area contributed by atoms with E-state index >= 15 is 0 Å². The Morgan fingerprint density at radius 1 is 1.44 bits per heavy atom. The van der Waals surface area contributed by atoms with Gasteiger partial charge in [-0.05, 0) is 27.4 Å². The smallest absolute Gasteiger partial charge is 0.242 e. The lowest BCUT2D eigenvalue weighted by Gasteiger charge is -2.20. The van der Waals surface area contributed by atoms with Crippen LogP contribution in [0.4, 0.5) is 11.5 Å². The molecule has 102 valence electrons. The van der Waals surface area contributed by atoms with Crippen LogP contribution < -0.4 is 15.8 Å². The number of hydrogen-bond donors (Lipinski definition) is 2. The molecule has 0 fully saturated rings. The molecule has 1 aromatic rings. The summed E-state index contributed by atoms with van der Waals surface area (Å²) in [6.45, 7) is 5.53. The molecule has 0 spiro atoms. The lowest BCUT2D eigenvalue weighted by Crippen LogP contribution is -2.31. The van der Waals surface area contributed by atoms with Gasteiger partial charge >= 0.3 is 0 Å². The molecule has 0 amide bonds. The predicted octanol–water partition coefficient (Wildman–Crippen LogP) is 1.21. The van der Waals surface area contributed by atoms with Crippen molar-refractivity contribution in [1.82, 2.24) is 14.9 Å². The fourth-order valence-electron chi connectivity index (χ4n) is 1.26. The maximum atomic E-state index is 5.96. The monoisotopic (exact) mass is 253 g/mol. The highest BCUT2D eigenvalue weighted by atomic mass is 16.5. The SMILES string of the molecule is CCCOc1ncnc(NCC(C)N(C)C)c1N. The number of hydrogen-bond acceptors (Lipinski definition) is 6. The van der Waals surface area contributed by atoms with Crippen LogP contribution in [0, 0.1) is 0 Å². The van der Waals surface area contributed by atoms with Gasteiger partial charge in [-0.15, -0.1) is 0 Å². The molecule has 0 bridgehead atoms. The van der Waals surface area contributed by atoms with Crippen molar-refractivity contribution in [2.45, 2.75) is 26.3 Å². The van der Waals surface area contributed by atoms with Crippen molar-refractivity contribution in [3.63, 3.8) is 0 Å². The van der Waals surface area contributed by atoms with E-state index in [4.69, 9.17) is 10.5 Å². The van der Waals surface area contributed by atoms with E-state index < -0.39 is 0 Å². The molecule has 6 heteroatoms. The minimum absolute atomic E-state index is 0.388. The van der Waals surface area contributed by atoms with E-state index in [1.165, 1.54) is 6.33 Å². The molecule has 0 aliphatic carbocycles. The Kier molecular flexibility index (Phi) is 5.64. The van der Waals surface area contributed by atoms with Gasteiger partial charge in [-0.2, -0.15) is 4.98 Å². The summed E-state index contributed by atoms with van der Waals surface area (Å²) in [6.07, 6.45) is 2.38. The van der Waals surface area contributed by atoms with Gasteiger partial charge in [0.1, 0.15) is 12.0 Å². The van der Waals surface area contributed by atoms with Crippen molar-refractivity contribution in [3.8, 4) is 5.88 Å². The normalized spacial score (nSPS) is 12.5. The standard InChI is InChI=1S/C12H23N5O/c1-5-6-18-12-10(13)11(15-8-16-12)14-7-9(2)17(3)4/h8-9H,5-7,13H2,1-4H3,(H,14,15,16). The summed E-state index contributed by atoms with van der Waals surface area (Å²) in [6, 6.07) is 0.388. The molecule has 6 nitrogen and oxygen atoms in total. The van der Waals surface area contributed by atoms with E-state index in [0.717, 1.165) is 13.0 Å². The van der Waals surface area contributed by atoms with Crippen LogP contribution in [0.25, 0.3) is 0 Å². The van der Waals surface area contributed by atoms with Crippen LogP contribution in [-0.2, 0) is 0 Å². The summed E-state index contributed by atoms with van der Waals surface area (Å²) in [5.41, 5.74) is 6.43. The fraction of sp³-hybridized carbons (Fsp3) is 0.667. The number of anilines is 2. The first-order chi connectivity index (χ1) is 8.56. The number of nitrogens with one attached hydrogen (secondary N) is 1. The Bertz CT molecular complexity index is 369. The highest BCUT2D eigenvalue weighted by molar-refractivity contribution is 5.66. The van der Waals surface area contributed by atoms with E-state index in [0.29, 0.717) is 30.0 Å². The van der Waals surface area contributed by atoms with Gasteiger partial charge in [-0.1, -0.05) is 6.92 Å². The summed E-state index contributed by atoms with van der Waals surface area (Å²) in [4.78, 5) is 10.3. The topological polar surface area (TPSA) is 76.3 Å². The van der Waals surface area contributed by atoms with Gasteiger partial charge in [0.15, 0.2) is 5.82 Å². The molecule has 1 unspecified atom stereocenters. The van der Waals surface area contributed by atoms with Gasteiger partial charge < -0.3 is 20.7 Å². The largest absolute Gasteiger partial charge is 0.476 e. The summed E-state index contributed by atoms with van der Waals surface area (Å²) >= 11 is 0. The van der Waals surface area contributed by atoms with Crippen molar-refractivity contribution in [2.75, 3.05) is 38.3 Å². The second-order valence-corrected chi connectivity index (χ2v) is 4.48.